The van der Waals surface area contributed by atoms with Gasteiger partial charge in [0, 0.05) is 18.9 Å². The molecule has 0 rings (SSSR count). The Morgan fingerprint density at radius 1 is 1.38 bits per heavy atom. The Morgan fingerprint density at radius 3 is 2.62 bits per heavy atom. The topological polar surface area (TPSA) is 75.6 Å². The number of aliphatic carboxylic acids is 1. The van der Waals surface area contributed by atoms with Crippen molar-refractivity contribution in [3.63, 3.8) is 0 Å². The molecule has 0 saturated carbocycles. The maximum absolute atomic E-state index is 11.0. The van der Waals surface area contributed by atoms with Crippen molar-refractivity contribution in [2.45, 2.75) is 45.6 Å². The Morgan fingerprint density at radius 2 is 2.06 bits per heavy atom. The van der Waals surface area contributed by atoms with Crippen LogP contribution in [0.15, 0.2) is 0 Å². The first kappa shape index (κ1) is 14.9. The zero-order chi connectivity index (χ0) is 12.4. The number of carbonyl (C=O) groups is 2. The summed E-state index contributed by atoms with van der Waals surface area (Å²) in [4.78, 5) is 21.3. The molecule has 0 aromatic carbocycles. The van der Waals surface area contributed by atoms with Crippen LogP contribution in [-0.2, 0) is 14.3 Å². The Hall–Kier alpha value is -1.10. The predicted octanol–water partition coefficient (Wildman–Crippen LogP) is 1.17. The van der Waals surface area contributed by atoms with Crippen LogP contribution in [-0.4, -0.2) is 36.2 Å². The third-order valence-electron chi connectivity index (χ3n) is 2.15. The van der Waals surface area contributed by atoms with Gasteiger partial charge < -0.3 is 15.2 Å². The van der Waals surface area contributed by atoms with Crippen molar-refractivity contribution in [1.82, 2.24) is 5.32 Å². The number of carboxylic acids is 1. The van der Waals surface area contributed by atoms with Crippen LogP contribution in [0.2, 0.25) is 0 Å². The first-order valence-corrected chi connectivity index (χ1v) is 5.67. The molecule has 0 radical (unpaired) electrons. The predicted molar refractivity (Wildman–Crippen MR) is 60.2 cm³/mol. The van der Waals surface area contributed by atoms with Gasteiger partial charge in [0.1, 0.15) is 0 Å². The van der Waals surface area contributed by atoms with Gasteiger partial charge in [0.15, 0.2) is 0 Å². The second-order valence-corrected chi connectivity index (χ2v) is 3.70. The highest BCUT2D eigenvalue weighted by molar-refractivity contribution is 5.69. The Kier molecular flexibility index (Phi) is 8.52. The first-order valence-electron chi connectivity index (χ1n) is 5.67. The van der Waals surface area contributed by atoms with E-state index < -0.39 is 5.97 Å². The van der Waals surface area contributed by atoms with Crippen molar-refractivity contribution in [2.75, 3.05) is 13.2 Å². The molecule has 0 fully saturated rings. The monoisotopic (exact) mass is 231 g/mol. The van der Waals surface area contributed by atoms with E-state index >= 15 is 0 Å². The molecular weight excluding hydrogens is 210 g/mol. The minimum atomic E-state index is -0.778. The third kappa shape index (κ3) is 9.45. The summed E-state index contributed by atoms with van der Waals surface area (Å²) in [6, 6.07) is 0.165. The number of esters is 1. The van der Waals surface area contributed by atoms with Crippen LogP contribution < -0.4 is 5.32 Å². The average Bonchev–Trinajstić information content (AvgIpc) is 2.22. The van der Waals surface area contributed by atoms with Gasteiger partial charge in [-0.2, -0.15) is 0 Å². The van der Waals surface area contributed by atoms with E-state index in [9.17, 15) is 9.59 Å². The van der Waals surface area contributed by atoms with Crippen LogP contribution in [0.3, 0.4) is 0 Å². The molecule has 0 aliphatic rings. The standard InChI is InChI=1S/C11H21NO4/c1-3-16-11(15)5-4-8-12-9(2)6-7-10(13)14/h9,12H,3-8H2,1-2H3,(H,13,14). The van der Waals surface area contributed by atoms with Gasteiger partial charge >= 0.3 is 11.9 Å². The van der Waals surface area contributed by atoms with Gasteiger partial charge in [-0.15, -0.1) is 0 Å². The van der Waals surface area contributed by atoms with Crippen LogP contribution in [0.4, 0.5) is 0 Å². The number of ether oxygens (including phenoxy) is 1. The van der Waals surface area contributed by atoms with E-state index in [1.165, 1.54) is 0 Å². The van der Waals surface area contributed by atoms with Gasteiger partial charge in [-0.3, -0.25) is 9.59 Å². The molecule has 0 spiro atoms. The van der Waals surface area contributed by atoms with Crippen LogP contribution >= 0.6 is 0 Å². The van der Waals surface area contributed by atoms with Crippen LogP contribution in [0.5, 0.6) is 0 Å². The molecule has 0 aromatic rings. The normalized spacial score (nSPS) is 12.1. The fourth-order valence-corrected chi connectivity index (χ4v) is 1.26. The molecule has 1 unspecified atom stereocenters. The molecule has 0 heterocycles. The fraction of sp³-hybridized carbons (Fsp3) is 0.818. The molecule has 0 bridgehead atoms. The fourth-order valence-electron chi connectivity index (χ4n) is 1.26. The molecular formula is C11H21NO4. The van der Waals surface area contributed by atoms with E-state index in [1.54, 1.807) is 6.92 Å². The molecule has 0 aromatic heterocycles. The van der Waals surface area contributed by atoms with Crippen molar-refractivity contribution in [3.8, 4) is 0 Å². The lowest BCUT2D eigenvalue weighted by Gasteiger charge is -2.11. The number of hydrogen-bond acceptors (Lipinski definition) is 4. The lowest BCUT2D eigenvalue weighted by atomic mass is 10.2. The zero-order valence-electron chi connectivity index (χ0n) is 9.99. The highest BCUT2D eigenvalue weighted by Crippen LogP contribution is 1.97. The van der Waals surface area contributed by atoms with Gasteiger partial charge in [0.2, 0.25) is 0 Å². The summed E-state index contributed by atoms with van der Waals surface area (Å²) in [7, 11) is 0. The highest BCUT2D eigenvalue weighted by atomic mass is 16.5. The Balaban J connectivity index is 3.37. The minimum absolute atomic E-state index is 0.165. The van der Waals surface area contributed by atoms with Crippen molar-refractivity contribution in [3.05, 3.63) is 0 Å². The summed E-state index contributed by atoms with van der Waals surface area (Å²) in [5.74, 6) is -0.956. The van der Waals surface area contributed by atoms with Crippen molar-refractivity contribution < 1.29 is 19.4 Å². The Bertz CT molecular complexity index is 218. The van der Waals surface area contributed by atoms with Crippen molar-refractivity contribution in [2.24, 2.45) is 0 Å². The minimum Gasteiger partial charge on any atom is -0.481 e. The third-order valence-corrected chi connectivity index (χ3v) is 2.15. The Labute approximate surface area is 96.2 Å². The molecule has 0 amide bonds. The second kappa shape index (κ2) is 9.15. The highest BCUT2D eigenvalue weighted by Gasteiger charge is 2.05. The van der Waals surface area contributed by atoms with E-state index in [1.807, 2.05) is 6.92 Å². The lowest BCUT2D eigenvalue weighted by molar-refractivity contribution is -0.143. The summed E-state index contributed by atoms with van der Waals surface area (Å²) in [5.41, 5.74) is 0. The average molecular weight is 231 g/mol. The van der Waals surface area contributed by atoms with Gasteiger partial charge in [-0.05, 0) is 33.2 Å². The second-order valence-electron chi connectivity index (χ2n) is 3.70. The largest absolute Gasteiger partial charge is 0.481 e. The van der Waals surface area contributed by atoms with E-state index in [-0.39, 0.29) is 18.4 Å². The molecule has 5 heteroatoms. The maximum atomic E-state index is 11.0. The van der Waals surface area contributed by atoms with Crippen molar-refractivity contribution in [1.29, 1.82) is 0 Å². The summed E-state index contributed by atoms with van der Waals surface area (Å²) >= 11 is 0. The molecule has 0 aliphatic heterocycles. The SMILES string of the molecule is CCOC(=O)CCCNC(C)CCC(=O)O. The number of rotatable bonds is 9. The number of hydrogen-bond donors (Lipinski definition) is 2. The van der Waals surface area contributed by atoms with Gasteiger partial charge in [0.05, 0.1) is 6.61 Å². The summed E-state index contributed by atoms with van der Waals surface area (Å²) in [6.07, 6.45) is 1.91. The van der Waals surface area contributed by atoms with Crippen LogP contribution in [0.1, 0.15) is 39.5 Å². The first-order chi connectivity index (χ1) is 7.56. The molecule has 16 heavy (non-hydrogen) atoms. The quantitative estimate of drug-likeness (QED) is 0.460. The lowest BCUT2D eigenvalue weighted by Crippen LogP contribution is -2.28. The van der Waals surface area contributed by atoms with Gasteiger partial charge in [-0.25, -0.2) is 0 Å². The summed E-state index contributed by atoms with van der Waals surface area (Å²) in [6.45, 7) is 4.85. The van der Waals surface area contributed by atoms with E-state index in [4.69, 9.17) is 9.84 Å². The van der Waals surface area contributed by atoms with Gasteiger partial charge in [-0.1, -0.05) is 0 Å². The van der Waals surface area contributed by atoms with E-state index in [0.29, 0.717) is 26.0 Å². The summed E-state index contributed by atoms with van der Waals surface area (Å²) < 4.78 is 4.78. The number of carboxylic acid groups (broad SMARTS) is 1. The number of nitrogens with one attached hydrogen (secondary N) is 1. The molecule has 0 saturated heterocycles. The number of carbonyl (C=O) groups excluding carboxylic acids is 1. The van der Waals surface area contributed by atoms with Crippen LogP contribution in [0, 0.1) is 0 Å². The van der Waals surface area contributed by atoms with E-state index in [0.717, 1.165) is 6.42 Å². The molecule has 94 valence electrons. The molecule has 2 N–H and O–H groups in total. The molecule has 5 nitrogen and oxygen atoms in total. The van der Waals surface area contributed by atoms with Crippen molar-refractivity contribution >= 4 is 11.9 Å². The zero-order valence-corrected chi connectivity index (χ0v) is 9.99. The maximum Gasteiger partial charge on any atom is 0.305 e. The molecule has 0 aliphatic carbocycles. The van der Waals surface area contributed by atoms with Gasteiger partial charge in [0.25, 0.3) is 0 Å². The smallest absolute Gasteiger partial charge is 0.305 e. The van der Waals surface area contributed by atoms with Crippen LogP contribution in [0.25, 0.3) is 0 Å². The van der Waals surface area contributed by atoms with E-state index in [2.05, 4.69) is 5.32 Å². The summed E-state index contributed by atoms with van der Waals surface area (Å²) in [5, 5.41) is 11.6. The molecule has 1 atom stereocenters.